The molecule has 1 aliphatic heterocycles. The van der Waals surface area contributed by atoms with E-state index in [1.165, 1.54) is 0 Å². The fourth-order valence-electron chi connectivity index (χ4n) is 2.49. The van der Waals surface area contributed by atoms with Crippen LogP contribution in [0.1, 0.15) is 32.3 Å². The molecular weight excluding hydrogens is 344 g/mol. The van der Waals surface area contributed by atoms with Gasteiger partial charge in [0.25, 0.3) is 0 Å². The van der Waals surface area contributed by atoms with Crippen molar-refractivity contribution in [2.45, 2.75) is 44.9 Å². The number of benzene rings is 1. The quantitative estimate of drug-likeness (QED) is 0.685. The molecule has 0 bridgehead atoms. The number of amides is 1. The first-order valence-corrected chi connectivity index (χ1v) is 8.46. The SMILES string of the molecule is CC(C)OCCOCc1cccc(NC(=O)C2(N)CCOCC2)c1.Cl. The summed E-state index contributed by atoms with van der Waals surface area (Å²) in [5.41, 5.74) is 7.08. The highest BCUT2D eigenvalue weighted by Crippen LogP contribution is 2.20. The summed E-state index contributed by atoms with van der Waals surface area (Å²) in [4.78, 5) is 12.4. The second-order valence-corrected chi connectivity index (χ2v) is 6.40. The van der Waals surface area contributed by atoms with Crippen LogP contribution < -0.4 is 11.1 Å². The lowest BCUT2D eigenvalue weighted by Gasteiger charge is -2.31. The first-order chi connectivity index (χ1) is 11.5. The van der Waals surface area contributed by atoms with Gasteiger partial charge >= 0.3 is 0 Å². The van der Waals surface area contributed by atoms with Gasteiger partial charge in [0.2, 0.25) is 5.91 Å². The Balaban J connectivity index is 0.00000312. The second-order valence-electron chi connectivity index (χ2n) is 6.40. The van der Waals surface area contributed by atoms with E-state index in [0.29, 0.717) is 45.9 Å². The van der Waals surface area contributed by atoms with E-state index in [9.17, 15) is 4.79 Å². The molecule has 0 aromatic heterocycles. The molecule has 0 aliphatic carbocycles. The van der Waals surface area contributed by atoms with E-state index in [2.05, 4.69) is 5.32 Å². The number of halogens is 1. The van der Waals surface area contributed by atoms with Crippen molar-refractivity contribution < 1.29 is 19.0 Å². The zero-order chi connectivity index (χ0) is 17.4. The van der Waals surface area contributed by atoms with Gasteiger partial charge in [-0.05, 0) is 44.4 Å². The number of ether oxygens (including phenoxy) is 3. The molecule has 1 amide bonds. The smallest absolute Gasteiger partial charge is 0.244 e. The summed E-state index contributed by atoms with van der Waals surface area (Å²) < 4.78 is 16.3. The molecule has 0 spiro atoms. The van der Waals surface area contributed by atoms with Crippen LogP contribution in [0.5, 0.6) is 0 Å². The van der Waals surface area contributed by atoms with Crippen LogP contribution in [-0.2, 0) is 25.6 Å². The highest BCUT2D eigenvalue weighted by molar-refractivity contribution is 5.98. The summed E-state index contributed by atoms with van der Waals surface area (Å²) in [5.74, 6) is -0.158. The second kappa shape index (κ2) is 10.7. The Hall–Kier alpha value is -1.18. The van der Waals surface area contributed by atoms with Crippen molar-refractivity contribution >= 4 is 24.0 Å². The van der Waals surface area contributed by atoms with Crippen LogP contribution in [0, 0.1) is 0 Å². The van der Waals surface area contributed by atoms with Crippen molar-refractivity contribution in [3.8, 4) is 0 Å². The minimum Gasteiger partial charge on any atom is -0.381 e. The maximum Gasteiger partial charge on any atom is 0.244 e. The number of carbonyl (C=O) groups is 1. The predicted molar refractivity (Wildman–Crippen MR) is 100 cm³/mol. The lowest BCUT2D eigenvalue weighted by atomic mass is 9.90. The van der Waals surface area contributed by atoms with E-state index >= 15 is 0 Å². The van der Waals surface area contributed by atoms with Crippen LogP contribution in [-0.4, -0.2) is 44.0 Å². The highest BCUT2D eigenvalue weighted by Gasteiger charge is 2.35. The summed E-state index contributed by atoms with van der Waals surface area (Å²) in [6.07, 6.45) is 1.29. The average Bonchev–Trinajstić information content (AvgIpc) is 2.55. The Morgan fingerprint density at radius 2 is 2.04 bits per heavy atom. The van der Waals surface area contributed by atoms with Crippen molar-refractivity contribution in [1.29, 1.82) is 0 Å². The summed E-state index contributed by atoms with van der Waals surface area (Å²) in [6, 6.07) is 7.62. The lowest BCUT2D eigenvalue weighted by Crippen LogP contribution is -2.54. The van der Waals surface area contributed by atoms with Gasteiger partial charge in [0.1, 0.15) is 5.54 Å². The molecule has 7 heteroatoms. The van der Waals surface area contributed by atoms with Gasteiger partial charge < -0.3 is 25.3 Å². The molecular formula is C18H29ClN2O4. The van der Waals surface area contributed by atoms with Crippen LogP contribution in [0.25, 0.3) is 0 Å². The Morgan fingerprint density at radius 3 is 2.72 bits per heavy atom. The van der Waals surface area contributed by atoms with Crippen molar-refractivity contribution in [2.75, 3.05) is 31.7 Å². The van der Waals surface area contributed by atoms with Crippen LogP contribution >= 0.6 is 12.4 Å². The van der Waals surface area contributed by atoms with Crippen LogP contribution in [0.15, 0.2) is 24.3 Å². The fraction of sp³-hybridized carbons (Fsp3) is 0.611. The van der Waals surface area contributed by atoms with E-state index in [1.54, 1.807) is 0 Å². The topological polar surface area (TPSA) is 82.8 Å². The summed E-state index contributed by atoms with van der Waals surface area (Å²) in [5, 5.41) is 2.91. The molecule has 1 aliphatic rings. The first kappa shape index (κ1) is 21.9. The molecule has 0 unspecified atom stereocenters. The molecule has 0 saturated carbocycles. The van der Waals surface area contributed by atoms with Crippen molar-refractivity contribution in [3.05, 3.63) is 29.8 Å². The molecule has 3 N–H and O–H groups in total. The molecule has 1 heterocycles. The van der Waals surface area contributed by atoms with Crippen LogP contribution in [0.2, 0.25) is 0 Å². The van der Waals surface area contributed by atoms with Gasteiger partial charge in [-0.15, -0.1) is 12.4 Å². The third-order valence-corrected chi connectivity index (χ3v) is 3.97. The summed E-state index contributed by atoms with van der Waals surface area (Å²) in [6.45, 7) is 6.63. The molecule has 1 saturated heterocycles. The molecule has 142 valence electrons. The molecule has 1 aromatic rings. The van der Waals surface area contributed by atoms with Crippen LogP contribution in [0.3, 0.4) is 0 Å². The van der Waals surface area contributed by atoms with Gasteiger partial charge in [-0.25, -0.2) is 0 Å². The summed E-state index contributed by atoms with van der Waals surface area (Å²) >= 11 is 0. The number of rotatable bonds is 8. The third-order valence-electron chi connectivity index (χ3n) is 3.97. The minimum absolute atomic E-state index is 0. The fourth-order valence-corrected chi connectivity index (χ4v) is 2.49. The predicted octanol–water partition coefficient (Wildman–Crippen LogP) is 2.50. The molecule has 25 heavy (non-hydrogen) atoms. The van der Waals surface area contributed by atoms with E-state index in [-0.39, 0.29) is 24.4 Å². The Labute approximate surface area is 155 Å². The number of hydrogen-bond donors (Lipinski definition) is 2. The number of anilines is 1. The first-order valence-electron chi connectivity index (χ1n) is 8.46. The van der Waals surface area contributed by atoms with Crippen molar-refractivity contribution in [3.63, 3.8) is 0 Å². The minimum atomic E-state index is -0.848. The van der Waals surface area contributed by atoms with Crippen molar-refractivity contribution in [2.24, 2.45) is 5.73 Å². The largest absolute Gasteiger partial charge is 0.381 e. The van der Waals surface area contributed by atoms with Crippen molar-refractivity contribution in [1.82, 2.24) is 0 Å². The van der Waals surface area contributed by atoms with Gasteiger partial charge in [-0.3, -0.25) is 4.79 Å². The third kappa shape index (κ3) is 7.30. The molecule has 0 radical (unpaired) electrons. The molecule has 6 nitrogen and oxygen atoms in total. The van der Waals surface area contributed by atoms with Gasteiger partial charge in [-0.2, -0.15) is 0 Å². The van der Waals surface area contributed by atoms with Crippen LogP contribution in [0.4, 0.5) is 5.69 Å². The standard InChI is InChI=1S/C18H28N2O4.ClH/c1-14(2)24-11-10-23-13-15-4-3-5-16(12-15)20-17(21)18(19)6-8-22-9-7-18;/h3-5,12,14H,6-11,13,19H2,1-2H3,(H,20,21);1H. The summed E-state index contributed by atoms with van der Waals surface area (Å²) in [7, 11) is 0. The zero-order valence-corrected chi connectivity index (χ0v) is 15.8. The van der Waals surface area contributed by atoms with Gasteiger partial charge in [0.05, 0.1) is 25.9 Å². The van der Waals surface area contributed by atoms with Gasteiger partial charge in [0.15, 0.2) is 0 Å². The Kier molecular flexibility index (Phi) is 9.38. The van der Waals surface area contributed by atoms with E-state index in [1.807, 2.05) is 38.1 Å². The maximum absolute atomic E-state index is 12.4. The van der Waals surface area contributed by atoms with Gasteiger partial charge in [-0.1, -0.05) is 12.1 Å². The number of nitrogens with two attached hydrogens (primary N) is 1. The Morgan fingerprint density at radius 1 is 1.32 bits per heavy atom. The Bertz CT molecular complexity index is 534. The maximum atomic E-state index is 12.4. The average molecular weight is 373 g/mol. The monoisotopic (exact) mass is 372 g/mol. The number of nitrogens with one attached hydrogen (secondary N) is 1. The van der Waals surface area contributed by atoms with Gasteiger partial charge in [0, 0.05) is 18.9 Å². The van der Waals surface area contributed by atoms with E-state index < -0.39 is 5.54 Å². The highest BCUT2D eigenvalue weighted by atomic mass is 35.5. The molecule has 1 fully saturated rings. The van der Waals surface area contributed by atoms with E-state index in [0.717, 1.165) is 11.3 Å². The number of hydrogen-bond acceptors (Lipinski definition) is 5. The zero-order valence-electron chi connectivity index (χ0n) is 15.0. The number of carbonyl (C=O) groups excluding carboxylic acids is 1. The molecule has 2 rings (SSSR count). The normalized spacial score (nSPS) is 16.3. The molecule has 1 aromatic carbocycles. The molecule has 0 atom stereocenters. The van der Waals surface area contributed by atoms with E-state index in [4.69, 9.17) is 19.9 Å². The lowest BCUT2D eigenvalue weighted by molar-refractivity contribution is -0.124.